The molecule has 0 saturated carbocycles. The molecule has 1 atom stereocenters. The number of ether oxygens (including phenoxy) is 2. The van der Waals surface area contributed by atoms with Crippen molar-refractivity contribution in [2.75, 3.05) is 33.9 Å². The second-order valence-electron chi connectivity index (χ2n) is 4.86. The molecular weight excluding hydrogens is 324 g/mol. The molecule has 20 heavy (non-hydrogen) atoms. The van der Waals surface area contributed by atoms with Gasteiger partial charge in [-0.15, -0.1) is 0 Å². The third-order valence-corrected chi connectivity index (χ3v) is 4.31. The number of nitroso groups, excluding NO2 is 1. The minimum atomic E-state index is -0.401. The van der Waals surface area contributed by atoms with Crippen molar-refractivity contribution < 1.29 is 9.47 Å². The fraction of sp³-hybridized carbons (Fsp3) is 0.571. The molecule has 1 aliphatic rings. The zero-order chi connectivity index (χ0) is 14.5. The highest BCUT2D eigenvalue weighted by atomic mass is 79.9. The quantitative estimate of drug-likeness (QED) is 0.743. The second-order valence-corrected chi connectivity index (χ2v) is 5.71. The van der Waals surface area contributed by atoms with Crippen molar-refractivity contribution in [1.29, 1.82) is 0 Å². The summed E-state index contributed by atoms with van der Waals surface area (Å²) in [7, 11) is 3.17. The maximum Gasteiger partial charge on any atom is 0.161 e. The molecule has 1 saturated heterocycles. The van der Waals surface area contributed by atoms with Gasteiger partial charge in [-0.25, -0.2) is 0 Å². The molecule has 0 aliphatic carbocycles. The molecule has 0 spiro atoms. The molecule has 0 aromatic heterocycles. The molecule has 0 N–H and O–H groups in total. The van der Waals surface area contributed by atoms with Gasteiger partial charge in [0.25, 0.3) is 0 Å². The van der Waals surface area contributed by atoms with Crippen molar-refractivity contribution >= 4 is 15.9 Å². The molecule has 1 unspecified atom stereocenters. The van der Waals surface area contributed by atoms with E-state index in [-0.39, 0.29) is 0 Å². The van der Waals surface area contributed by atoms with Crippen LogP contribution in [0.15, 0.2) is 21.8 Å². The number of nitrogens with zero attached hydrogens (tertiary/aromatic N) is 2. The summed E-state index contributed by atoms with van der Waals surface area (Å²) < 4.78 is 11.4. The van der Waals surface area contributed by atoms with Crippen molar-refractivity contribution in [3.8, 4) is 11.5 Å². The van der Waals surface area contributed by atoms with E-state index in [1.807, 2.05) is 12.1 Å². The first-order valence-corrected chi connectivity index (χ1v) is 7.45. The van der Waals surface area contributed by atoms with E-state index in [0.717, 1.165) is 23.1 Å². The van der Waals surface area contributed by atoms with E-state index in [9.17, 15) is 4.91 Å². The van der Waals surface area contributed by atoms with Gasteiger partial charge in [-0.2, -0.15) is 4.91 Å². The van der Waals surface area contributed by atoms with Crippen molar-refractivity contribution in [3.05, 3.63) is 27.1 Å². The molecule has 1 aliphatic heterocycles. The zero-order valence-corrected chi connectivity index (χ0v) is 13.4. The number of likely N-dealkylation sites (tertiary alicyclic amines) is 1. The second kappa shape index (κ2) is 7.04. The van der Waals surface area contributed by atoms with Crippen LogP contribution in [-0.4, -0.2) is 38.8 Å². The average Bonchev–Trinajstić information content (AvgIpc) is 2.97. The van der Waals surface area contributed by atoms with E-state index in [0.29, 0.717) is 18.0 Å². The lowest BCUT2D eigenvalue weighted by Crippen LogP contribution is -2.24. The van der Waals surface area contributed by atoms with Gasteiger partial charge in [-0.05, 0) is 43.6 Å². The number of benzene rings is 1. The first-order valence-electron chi connectivity index (χ1n) is 6.65. The fourth-order valence-corrected chi connectivity index (χ4v) is 3.11. The normalized spacial score (nSPS) is 16.9. The molecule has 110 valence electrons. The molecule has 0 radical (unpaired) electrons. The van der Waals surface area contributed by atoms with Crippen LogP contribution in [0.1, 0.15) is 24.4 Å². The van der Waals surface area contributed by atoms with Crippen molar-refractivity contribution in [3.63, 3.8) is 0 Å². The highest BCUT2D eigenvalue weighted by Gasteiger charge is 2.23. The summed E-state index contributed by atoms with van der Waals surface area (Å²) in [5.41, 5.74) is 0.838. The fourth-order valence-electron chi connectivity index (χ4n) is 2.52. The first-order chi connectivity index (χ1) is 9.69. The van der Waals surface area contributed by atoms with Crippen molar-refractivity contribution in [2.45, 2.75) is 18.9 Å². The Hall–Kier alpha value is -1.14. The Morgan fingerprint density at radius 3 is 2.40 bits per heavy atom. The maximum absolute atomic E-state index is 11.2. The Bertz CT molecular complexity index is 476. The Kier molecular flexibility index (Phi) is 5.37. The third-order valence-electron chi connectivity index (χ3n) is 3.62. The van der Waals surface area contributed by atoms with Crippen LogP contribution < -0.4 is 9.47 Å². The number of rotatable bonds is 6. The lowest BCUT2D eigenvalue weighted by molar-refractivity contribution is 0.314. The smallest absolute Gasteiger partial charge is 0.161 e. The molecule has 1 aromatic rings. The van der Waals surface area contributed by atoms with Crippen LogP contribution in [0.25, 0.3) is 0 Å². The number of methoxy groups -OCH3 is 2. The van der Waals surface area contributed by atoms with Crippen LogP contribution in [-0.2, 0) is 0 Å². The lowest BCUT2D eigenvalue weighted by atomic mass is 10.1. The Balaban J connectivity index is 2.25. The monoisotopic (exact) mass is 342 g/mol. The van der Waals surface area contributed by atoms with Gasteiger partial charge >= 0.3 is 0 Å². The van der Waals surface area contributed by atoms with E-state index in [4.69, 9.17) is 9.47 Å². The molecule has 1 aromatic carbocycles. The summed E-state index contributed by atoms with van der Waals surface area (Å²) in [5.74, 6) is 1.25. The van der Waals surface area contributed by atoms with E-state index in [1.165, 1.54) is 12.8 Å². The topological polar surface area (TPSA) is 51.1 Å². The predicted octanol–water partition coefficient (Wildman–Crippen LogP) is 3.37. The van der Waals surface area contributed by atoms with E-state index in [1.54, 1.807) is 14.2 Å². The van der Waals surface area contributed by atoms with Gasteiger partial charge in [0.15, 0.2) is 11.5 Å². The zero-order valence-electron chi connectivity index (χ0n) is 11.8. The molecule has 2 rings (SSSR count). The average molecular weight is 343 g/mol. The van der Waals surface area contributed by atoms with Crippen LogP contribution in [0.4, 0.5) is 0 Å². The van der Waals surface area contributed by atoms with E-state index in [2.05, 4.69) is 26.0 Å². The summed E-state index contributed by atoms with van der Waals surface area (Å²) in [6.45, 7) is 2.73. The van der Waals surface area contributed by atoms with Gasteiger partial charge in [0.1, 0.15) is 6.04 Å². The lowest BCUT2D eigenvalue weighted by Gasteiger charge is -2.20. The van der Waals surface area contributed by atoms with Gasteiger partial charge in [-0.3, -0.25) is 0 Å². The van der Waals surface area contributed by atoms with Crippen molar-refractivity contribution in [1.82, 2.24) is 4.90 Å². The van der Waals surface area contributed by atoms with Crippen LogP contribution in [0.2, 0.25) is 0 Å². The van der Waals surface area contributed by atoms with Crippen LogP contribution in [0, 0.1) is 4.91 Å². The maximum atomic E-state index is 11.2. The summed E-state index contributed by atoms with van der Waals surface area (Å²) in [5, 5.41) is 3.30. The molecular formula is C14H19BrN2O3. The Morgan fingerprint density at radius 2 is 1.85 bits per heavy atom. The van der Waals surface area contributed by atoms with Gasteiger partial charge in [0.2, 0.25) is 0 Å². The third kappa shape index (κ3) is 3.30. The highest BCUT2D eigenvalue weighted by molar-refractivity contribution is 9.10. The molecule has 6 heteroatoms. The van der Waals surface area contributed by atoms with Gasteiger partial charge in [0.05, 0.1) is 14.2 Å². The first kappa shape index (κ1) is 15.3. The van der Waals surface area contributed by atoms with E-state index < -0.39 is 6.04 Å². The molecule has 1 heterocycles. The summed E-state index contributed by atoms with van der Waals surface area (Å²) >= 11 is 3.49. The standard InChI is InChI=1S/C14H19BrN2O3/c1-19-13-7-10(11(15)8-14(13)20-2)12(16-18)9-17-5-3-4-6-17/h7-8,12H,3-6,9H2,1-2H3. The Labute approximate surface area is 127 Å². The van der Waals surface area contributed by atoms with Crippen LogP contribution in [0.5, 0.6) is 11.5 Å². The van der Waals surface area contributed by atoms with Crippen molar-refractivity contribution in [2.24, 2.45) is 5.18 Å². The largest absolute Gasteiger partial charge is 0.493 e. The minimum absolute atomic E-state index is 0.401. The summed E-state index contributed by atoms with van der Waals surface area (Å²) in [6.07, 6.45) is 2.39. The summed E-state index contributed by atoms with van der Waals surface area (Å²) in [4.78, 5) is 13.5. The highest BCUT2D eigenvalue weighted by Crippen LogP contribution is 2.37. The number of hydrogen-bond acceptors (Lipinski definition) is 5. The molecule has 0 bridgehead atoms. The van der Waals surface area contributed by atoms with E-state index >= 15 is 0 Å². The predicted molar refractivity (Wildman–Crippen MR) is 81.5 cm³/mol. The number of hydrogen-bond donors (Lipinski definition) is 0. The molecule has 0 amide bonds. The molecule has 5 nitrogen and oxygen atoms in total. The SMILES string of the molecule is COc1cc(Br)c(C(CN2CCCC2)N=O)cc1OC. The molecule has 1 fully saturated rings. The number of halogens is 1. The van der Waals surface area contributed by atoms with Crippen LogP contribution in [0.3, 0.4) is 0 Å². The van der Waals surface area contributed by atoms with Gasteiger partial charge in [-0.1, -0.05) is 21.1 Å². The summed E-state index contributed by atoms with van der Waals surface area (Å²) in [6, 6.07) is 3.24. The minimum Gasteiger partial charge on any atom is -0.493 e. The Morgan fingerprint density at radius 1 is 1.25 bits per heavy atom. The van der Waals surface area contributed by atoms with Gasteiger partial charge in [0, 0.05) is 11.0 Å². The van der Waals surface area contributed by atoms with Gasteiger partial charge < -0.3 is 14.4 Å². The van der Waals surface area contributed by atoms with Crippen LogP contribution >= 0.6 is 15.9 Å².